The molecule has 1 amide bonds. The summed E-state index contributed by atoms with van der Waals surface area (Å²) in [5.41, 5.74) is 0. The summed E-state index contributed by atoms with van der Waals surface area (Å²) < 4.78 is 0. The molecule has 0 aromatic rings. The van der Waals surface area contributed by atoms with E-state index in [-0.39, 0.29) is 0 Å². The Morgan fingerprint density at radius 1 is 1.15 bits per heavy atom. The summed E-state index contributed by atoms with van der Waals surface area (Å²) in [6.45, 7) is 3.91. The molecular weight excluding hydrogens is 164 g/mol. The summed E-state index contributed by atoms with van der Waals surface area (Å²) in [6, 6.07) is 0. The van der Waals surface area contributed by atoms with Gasteiger partial charge in [0.25, 0.3) is 0 Å². The molecule has 0 bridgehead atoms. The molecule has 1 heterocycles. The van der Waals surface area contributed by atoms with Crippen LogP contribution in [0.5, 0.6) is 0 Å². The molecule has 1 aliphatic carbocycles. The Kier molecular flexibility index (Phi) is 2.83. The lowest BCUT2D eigenvalue weighted by atomic mass is 9.84. The van der Waals surface area contributed by atoms with Crippen LogP contribution < -0.4 is 5.32 Å². The van der Waals surface area contributed by atoms with Crippen LogP contribution in [0.2, 0.25) is 0 Å². The summed E-state index contributed by atoms with van der Waals surface area (Å²) in [7, 11) is 0. The van der Waals surface area contributed by atoms with E-state index in [0.29, 0.717) is 11.8 Å². The van der Waals surface area contributed by atoms with Gasteiger partial charge in [-0.25, -0.2) is 0 Å². The number of carbonyl (C=O) groups excluding carboxylic acids is 1. The van der Waals surface area contributed by atoms with E-state index in [1.807, 2.05) is 4.90 Å². The zero-order valence-electron chi connectivity index (χ0n) is 8.09. The maximum Gasteiger partial charge on any atom is 0.225 e. The number of hydrogen-bond acceptors (Lipinski definition) is 2. The minimum atomic E-state index is 0.373. The van der Waals surface area contributed by atoms with Crippen LogP contribution in [-0.4, -0.2) is 37.0 Å². The van der Waals surface area contributed by atoms with Gasteiger partial charge in [0, 0.05) is 25.6 Å². The van der Waals surface area contributed by atoms with Crippen LogP contribution in [0.4, 0.5) is 0 Å². The van der Waals surface area contributed by atoms with Crippen LogP contribution in [0.25, 0.3) is 0 Å². The highest BCUT2D eigenvalue weighted by Gasteiger charge is 2.29. The summed E-state index contributed by atoms with van der Waals surface area (Å²) in [5.74, 6) is 0.785. The van der Waals surface area contributed by atoms with Gasteiger partial charge in [0.15, 0.2) is 0 Å². The van der Waals surface area contributed by atoms with Gasteiger partial charge in [0.2, 0.25) is 5.91 Å². The van der Waals surface area contributed by atoms with Crippen LogP contribution in [0.1, 0.15) is 25.7 Å². The van der Waals surface area contributed by atoms with Gasteiger partial charge in [-0.15, -0.1) is 0 Å². The van der Waals surface area contributed by atoms with Crippen molar-refractivity contribution < 1.29 is 4.79 Å². The molecular formula is C10H18N2O. The minimum Gasteiger partial charge on any atom is -0.341 e. The van der Waals surface area contributed by atoms with Crippen LogP contribution >= 0.6 is 0 Å². The molecule has 13 heavy (non-hydrogen) atoms. The van der Waals surface area contributed by atoms with E-state index >= 15 is 0 Å². The Morgan fingerprint density at radius 2 is 2.00 bits per heavy atom. The van der Waals surface area contributed by atoms with E-state index in [1.54, 1.807) is 0 Å². The fourth-order valence-electron chi connectivity index (χ4n) is 1.98. The van der Waals surface area contributed by atoms with Crippen molar-refractivity contribution in [3.05, 3.63) is 0 Å². The molecule has 0 unspecified atom stereocenters. The molecule has 1 saturated heterocycles. The van der Waals surface area contributed by atoms with Gasteiger partial charge >= 0.3 is 0 Å². The first kappa shape index (κ1) is 9.00. The van der Waals surface area contributed by atoms with Gasteiger partial charge in [-0.1, -0.05) is 6.42 Å². The molecule has 0 spiro atoms. The first-order chi connectivity index (χ1) is 6.38. The highest BCUT2D eigenvalue weighted by molar-refractivity contribution is 5.79. The van der Waals surface area contributed by atoms with Gasteiger partial charge in [-0.2, -0.15) is 0 Å². The maximum absolute atomic E-state index is 11.8. The maximum atomic E-state index is 11.8. The third-order valence-electron chi connectivity index (χ3n) is 3.11. The molecule has 3 heteroatoms. The van der Waals surface area contributed by atoms with Gasteiger partial charge in [0.05, 0.1) is 0 Å². The standard InChI is InChI=1S/C10H18N2O/c13-10(9-3-1-4-9)12-7-2-5-11-6-8-12/h9,11H,1-8H2. The molecule has 0 radical (unpaired) electrons. The van der Waals surface area contributed by atoms with Crippen molar-refractivity contribution in [2.24, 2.45) is 5.92 Å². The van der Waals surface area contributed by atoms with Crippen LogP contribution in [0.3, 0.4) is 0 Å². The van der Waals surface area contributed by atoms with Crippen molar-refractivity contribution in [3.8, 4) is 0 Å². The zero-order chi connectivity index (χ0) is 9.10. The molecule has 1 aliphatic heterocycles. The Balaban J connectivity index is 1.85. The van der Waals surface area contributed by atoms with Crippen molar-refractivity contribution in [2.75, 3.05) is 26.2 Å². The Hall–Kier alpha value is -0.570. The molecule has 2 fully saturated rings. The lowest BCUT2D eigenvalue weighted by Gasteiger charge is -2.30. The molecule has 0 aromatic heterocycles. The van der Waals surface area contributed by atoms with Gasteiger partial charge in [0.1, 0.15) is 0 Å². The fraction of sp³-hybridized carbons (Fsp3) is 0.900. The van der Waals surface area contributed by atoms with Crippen LogP contribution in [0, 0.1) is 5.92 Å². The minimum absolute atomic E-state index is 0.373. The van der Waals surface area contributed by atoms with E-state index in [0.717, 1.165) is 45.4 Å². The lowest BCUT2D eigenvalue weighted by Crippen LogP contribution is -2.40. The van der Waals surface area contributed by atoms with Crippen molar-refractivity contribution in [3.63, 3.8) is 0 Å². The second kappa shape index (κ2) is 4.09. The predicted octanol–water partition coefficient (Wildman–Crippen LogP) is 0.608. The fourth-order valence-corrected chi connectivity index (χ4v) is 1.98. The first-order valence-electron chi connectivity index (χ1n) is 5.37. The topological polar surface area (TPSA) is 32.3 Å². The van der Waals surface area contributed by atoms with Gasteiger partial charge in [-0.05, 0) is 25.8 Å². The quantitative estimate of drug-likeness (QED) is 0.644. The smallest absolute Gasteiger partial charge is 0.225 e. The molecule has 2 aliphatic rings. The van der Waals surface area contributed by atoms with Crippen molar-refractivity contribution in [1.29, 1.82) is 0 Å². The molecule has 3 nitrogen and oxygen atoms in total. The summed E-state index contributed by atoms with van der Waals surface area (Å²) in [4.78, 5) is 13.9. The number of hydrogen-bond donors (Lipinski definition) is 1. The predicted molar refractivity (Wildman–Crippen MR) is 51.4 cm³/mol. The van der Waals surface area contributed by atoms with E-state index in [4.69, 9.17) is 0 Å². The van der Waals surface area contributed by atoms with Crippen molar-refractivity contribution in [1.82, 2.24) is 10.2 Å². The van der Waals surface area contributed by atoms with Gasteiger partial charge < -0.3 is 10.2 Å². The second-order valence-corrected chi connectivity index (χ2v) is 4.06. The number of nitrogens with one attached hydrogen (secondary N) is 1. The number of amides is 1. The molecule has 1 N–H and O–H groups in total. The number of carbonyl (C=O) groups is 1. The van der Waals surface area contributed by atoms with E-state index in [1.165, 1.54) is 6.42 Å². The summed E-state index contributed by atoms with van der Waals surface area (Å²) >= 11 is 0. The summed E-state index contributed by atoms with van der Waals surface area (Å²) in [5, 5.41) is 3.31. The van der Waals surface area contributed by atoms with E-state index < -0.39 is 0 Å². The van der Waals surface area contributed by atoms with E-state index in [9.17, 15) is 4.79 Å². The Bertz CT molecular complexity index is 181. The van der Waals surface area contributed by atoms with Gasteiger partial charge in [-0.3, -0.25) is 4.79 Å². The molecule has 0 aromatic carbocycles. The average molecular weight is 182 g/mol. The monoisotopic (exact) mass is 182 g/mol. The average Bonchev–Trinajstić information content (AvgIpc) is 2.27. The van der Waals surface area contributed by atoms with Crippen LogP contribution in [0.15, 0.2) is 0 Å². The van der Waals surface area contributed by atoms with Crippen LogP contribution in [-0.2, 0) is 4.79 Å². The summed E-state index contributed by atoms with van der Waals surface area (Å²) in [6.07, 6.45) is 4.62. The molecule has 0 atom stereocenters. The highest BCUT2D eigenvalue weighted by Crippen LogP contribution is 2.28. The Morgan fingerprint density at radius 3 is 2.69 bits per heavy atom. The first-order valence-corrected chi connectivity index (χ1v) is 5.37. The van der Waals surface area contributed by atoms with Crippen molar-refractivity contribution in [2.45, 2.75) is 25.7 Å². The van der Waals surface area contributed by atoms with E-state index in [2.05, 4.69) is 5.32 Å². The molecule has 74 valence electrons. The largest absolute Gasteiger partial charge is 0.341 e. The third kappa shape index (κ3) is 2.02. The second-order valence-electron chi connectivity index (χ2n) is 4.06. The molecule has 1 saturated carbocycles. The highest BCUT2D eigenvalue weighted by atomic mass is 16.2. The third-order valence-corrected chi connectivity index (χ3v) is 3.11. The van der Waals surface area contributed by atoms with Crippen molar-refractivity contribution >= 4 is 5.91 Å². The Labute approximate surface area is 79.5 Å². The lowest BCUT2D eigenvalue weighted by molar-refractivity contribution is -0.137. The molecule has 2 rings (SSSR count). The SMILES string of the molecule is O=C(C1CCC1)N1CCCNCC1. The zero-order valence-corrected chi connectivity index (χ0v) is 8.09. The number of nitrogens with zero attached hydrogens (tertiary/aromatic N) is 1. The number of rotatable bonds is 1. The normalized spacial score (nSPS) is 25.1.